The molecule has 0 saturated heterocycles. The van der Waals surface area contributed by atoms with Crippen molar-refractivity contribution < 1.29 is 10.2 Å². The molecule has 0 aromatic rings. The predicted molar refractivity (Wildman–Crippen MR) is 48.8 cm³/mol. The fourth-order valence-corrected chi connectivity index (χ4v) is 1.82. The van der Waals surface area contributed by atoms with Crippen LogP contribution in [0, 0.1) is 5.92 Å². The van der Waals surface area contributed by atoms with Gasteiger partial charge in [-0.05, 0) is 33.6 Å². The van der Waals surface area contributed by atoms with Gasteiger partial charge in [-0.3, -0.25) is 0 Å². The molecule has 70 valence electrons. The van der Waals surface area contributed by atoms with E-state index in [4.69, 9.17) is 0 Å². The first-order valence-corrected chi connectivity index (χ1v) is 4.49. The number of aliphatic hydroxyl groups excluding tert-OH is 1. The fourth-order valence-electron chi connectivity index (χ4n) is 1.82. The van der Waals surface area contributed by atoms with E-state index in [1.807, 2.05) is 13.0 Å². The molecular formula is C10H18O2. The highest BCUT2D eigenvalue weighted by molar-refractivity contribution is 5.10. The minimum Gasteiger partial charge on any atom is -0.390 e. The van der Waals surface area contributed by atoms with E-state index >= 15 is 0 Å². The van der Waals surface area contributed by atoms with Crippen LogP contribution in [0.5, 0.6) is 0 Å². The van der Waals surface area contributed by atoms with Crippen LogP contribution in [0.1, 0.15) is 33.6 Å². The van der Waals surface area contributed by atoms with Crippen molar-refractivity contribution in [2.24, 2.45) is 5.92 Å². The molecule has 1 aliphatic carbocycles. The third-order valence-electron chi connectivity index (χ3n) is 2.62. The lowest BCUT2D eigenvalue weighted by atomic mass is 9.78. The molecule has 12 heavy (non-hydrogen) atoms. The smallest absolute Gasteiger partial charge is 0.0778 e. The summed E-state index contributed by atoms with van der Waals surface area (Å²) in [5.74, 6) is -0.0128. The van der Waals surface area contributed by atoms with Gasteiger partial charge in [-0.25, -0.2) is 0 Å². The van der Waals surface area contributed by atoms with Crippen molar-refractivity contribution in [3.63, 3.8) is 0 Å². The maximum atomic E-state index is 9.71. The van der Waals surface area contributed by atoms with Crippen molar-refractivity contribution in [1.82, 2.24) is 0 Å². The average Bonchev–Trinajstić information content (AvgIpc) is 1.83. The van der Waals surface area contributed by atoms with E-state index in [0.717, 1.165) is 12.8 Å². The summed E-state index contributed by atoms with van der Waals surface area (Å²) in [5, 5.41) is 19.3. The van der Waals surface area contributed by atoms with Crippen LogP contribution in [0.25, 0.3) is 0 Å². The van der Waals surface area contributed by atoms with Crippen LogP contribution in [0.2, 0.25) is 0 Å². The summed E-state index contributed by atoms with van der Waals surface area (Å²) in [5.41, 5.74) is 0.458. The standard InChI is InChI=1S/C10H18O2/c1-7-4-5-8(9(11)6-7)10(2,3)12/h6,8-9,11-12H,4-5H2,1-3H3/t8-,9+/m0/s1. The number of hydrogen-bond acceptors (Lipinski definition) is 2. The normalized spacial score (nSPS) is 31.6. The summed E-state index contributed by atoms with van der Waals surface area (Å²) in [4.78, 5) is 0. The zero-order valence-corrected chi connectivity index (χ0v) is 8.04. The summed E-state index contributed by atoms with van der Waals surface area (Å²) in [6.07, 6.45) is 3.25. The summed E-state index contributed by atoms with van der Waals surface area (Å²) in [6, 6.07) is 0. The molecular weight excluding hydrogens is 152 g/mol. The number of hydrogen-bond donors (Lipinski definition) is 2. The molecule has 0 amide bonds. The van der Waals surface area contributed by atoms with E-state index in [1.54, 1.807) is 13.8 Å². The van der Waals surface area contributed by atoms with Gasteiger partial charge in [0.15, 0.2) is 0 Å². The van der Waals surface area contributed by atoms with Gasteiger partial charge in [0.05, 0.1) is 11.7 Å². The maximum Gasteiger partial charge on any atom is 0.0778 e. The van der Waals surface area contributed by atoms with E-state index < -0.39 is 11.7 Å². The lowest BCUT2D eigenvalue weighted by molar-refractivity contribution is -0.0378. The molecule has 2 N–H and O–H groups in total. The monoisotopic (exact) mass is 170 g/mol. The molecule has 1 rings (SSSR count). The SMILES string of the molecule is CC1=C[C@@H](O)[C@@H](C(C)(C)O)CC1. The number of aliphatic hydroxyl groups is 2. The minimum absolute atomic E-state index is 0.0128. The first-order chi connectivity index (χ1) is 5.41. The molecule has 0 bridgehead atoms. The van der Waals surface area contributed by atoms with Crippen molar-refractivity contribution in [3.05, 3.63) is 11.6 Å². The Bertz CT molecular complexity index is 189. The Balaban J connectivity index is 2.72. The lowest BCUT2D eigenvalue weighted by Gasteiger charge is -2.35. The van der Waals surface area contributed by atoms with Gasteiger partial charge in [-0.1, -0.05) is 11.6 Å². The molecule has 2 nitrogen and oxygen atoms in total. The van der Waals surface area contributed by atoms with Crippen molar-refractivity contribution in [2.45, 2.75) is 45.3 Å². The number of rotatable bonds is 1. The Hall–Kier alpha value is -0.340. The molecule has 0 aromatic heterocycles. The average molecular weight is 170 g/mol. The molecule has 0 spiro atoms. The fraction of sp³-hybridized carbons (Fsp3) is 0.800. The molecule has 2 heteroatoms. The Morgan fingerprint density at radius 1 is 1.50 bits per heavy atom. The first-order valence-electron chi connectivity index (χ1n) is 4.49. The van der Waals surface area contributed by atoms with Gasteiger partial charge in [0.1, 0.15) is 0 Å². The van der Waals surface area contributed by atoms with E-state index in [1.165, 1.54) is 5.57 Å². The van der Waals surface area contributed by atoms with Crippen LogP contribution >= 0.6 is 0 Å². The quantitative estimate of drug-likeness (QED) is 0.585. The van der Waals surface area contributed by atoms with Gasteiger partial charge < -0.3 is 10.2 Å². The Kier molecular flexibility index (Phi) is 2.59. The third-order valence-corrected chi connectivity index (χ3v) is 2.62. The molecule has 0 heterocycles. The topological polar surface area (TPSA) is 40.5 Å². The second-order valence-corrected chi connectivity index (χ2v) is 4.30. The van der Waals surface area contributed by atoms with E-state index in [2.05, 4.69) is 0 Å². The zero-order chi connectivity index (χ0) is 9.35. The lowest BCUT2D eigenvalue weighted by Crippen LogP contribution is -2.40. The van der Waals surface area contributed by atoms with Crippen molar-refractivity contribution >= 4 is 0 Å². The Labute approximate surface area is 73.9 Å². The molecule has 2 atom stereocenters. The predicted octanol–water partition coefficient (Wildman–Crippen LogP) is 1.47. The van der Waals surface area contributed by atoms with Crippen LogP contribution in [-0.2, 0) is 0 Å². The second kappa shape index (κ2) is 3.19. The maximum absolute atomic E-state index is 9.71. The minimum atomic E-state index is -0.767. The molecule has 0 radical (unpaired) electrons. The second-order valence-electron chi connectivity index (χ2n) is 4.30. The summed E-state index contributed by atoms with van der Waals surface area (Å²) < 4.78 is 0. The van der Waals surface area contributed by atoms with Gasteiger partial charge in [-0.2, -0.15) is 0 Å². The van der Waals surface area contributed by atoms with Gasteiger partial charge in [0.25, 0.3) is 0 Å². The highest BCUT2D eigenvalue weighted by Crippen LogP contribution is 2.31. The highest BCUT2D eigenvalue weighted by atomic mass is 16.3. The van der Waals surface area contributed by atoms with E-state index in [-0.39, 0.29) is 5.92 Å². The first kappa shape index (κ1) is 9.75. The highest BCUT2D eigenvalue weighted by Gasteiger charge is 2.33. The Morgan fingerprint density at radius 2 is 2.08 bits per heavy atom. The van der Waals surface area contributed by atoms with Gasteiger partial charge in [-0.15, -0.1) is 0 Å². The van der Waals surface area contributed by atoms with Gasteiger partial charge in [0, 0.05) is 5.92 Å². The molecule has 0 saturated carbocycles. The van der Waals surface area contributed by atoms with Gasteiger partial charge >= 0.3 is 0 Å². The Morgan fingerprint density at radius 3 is 2.50 bits per heavy atom. The van der Waals surface area contributed by atoms with Crippen molar-refractivity contribution in [3.8, 4) is 0 Å². The van der Waals surface area contributed by atoms with Crippen LogP contribution in [0.3, 0.4) is 0 Å². The largest absolute Gasteiger partial charge is 0.390 e. The van der Waals surface area contributed by atoms with E-state index in [9.17, 15) is 10.2 Å². The van der Waals surface area contributed by atoms with Crippen molar-refractivity contribution in [2.75, 3.05) is 0 Å². The molecule has 0 aliphatic heterocycles. The number of allylic oxidation sites excluding steroid dienone is 1. The van der Waals surface area contributed by atoms with Crippen LogP contribution in [0.15, 0.2) is 11.6 Å². The molecule has 1 aliphatic rings. The van der Waals surface area contributed by atoms with Crippen molar-refractivity contribution in [1.29, 1.82) is 0 Å². The summed E-state index contributed by atoms with van der Waals surface area (Å²) >= 11 is 0. The zero-order valence-electron chi connectivity index (χ0n) is 8.04. The van der Waals surface area contributed by atoms with Gasteiger partial charge in [0.2, 0.25) is 0 Å². The van der Waals surface area contributed by atoms with Crippen LogP contribution in [0.4, 0.5) is 0 Å². The third kappa shape index (κ3) is 2.08. The van der Waals surface area contributed by atoms with Crippen LogP contribution < -0.4 is 0 Å². The molecule has 0 unspecified atom stereocenters. The summed E-state index contributed by atoms with van der Waals surface area (Å²) in [6.45, 7) is 5.54. The summed E-state index contributed by atoms with van der Waals surface area (Å²) in [7, 11) is 0. The van der Waals surface area contributed by atoms with Crippen LogP contribution in [-0.4, -0.2) is 21.9 Å². The molecule has 0 fully saturated rings. The molecule has 0 aromatic carbocycles. The van der Waals surface area contributed by atoms with E-state index in [0.29, 0.717) is 0 Å².